The number of nitrogens with one attached hydrogen (secondary N) is 3. The van der Waals surface area contributed by atoms with Gasteiger partial charge in [0, 0.05) is 17.0 Å². The van der Waals surface area contributed by atoms with E-state index in [-0.39, 0.29) is 11.5 Å². The first kappa shape index (κ1) is 12.0. The molecule has 94 valence electrons. The van der Waals surface area contributed by atoms with Crippen molar-refractivity contribution in [3.05, 3.63) is 39.1 Å². The molecule has 18 heavy (non-hydrogen) atoms. The zero-order valence-corrected chi connectivity index (χ0v) is 10.4. The fourth-order valence-corrected chi connectivity index (χ4v) is 1.49. The second-order valence-electron chi connectivity index (χ2n) is 3.99. The van der Waals surface area contributed by atoms with Crippen LogP contribution in [0.2, 0.25) is 0 Å². The van der Waals surface area contributed by atoms with Crippen molar-refractivity contribution in [1.29, 1.82) is 0 Å². The molecule has 0 radical (unpaired) electrons. The second-order valence-corrected chi connectivity index (χ2v) is 3.99. The molecule has 0 saturated carbocycles. The van der Waals surface area contributed by atoms with Crippen LogP contribution in [0.5, 0.6) is 0 Å². The molecule has 0 unspecified atom stereocenters. The zero-order chi connectivity index (χ0) is 13.1. The standard InChI is InChI=1S/C11H14N6O/c1-6-4-9(7(2)13-6)5-12-16-11-14-10(18)8(3)15-17-11/h4-5,13H,1-3H3,(H2,14,16,17,18)/b12-5+. The lowest BCUT2D eigenvalue weighted by molar-refractivity contribution is 0.897. The van der Waals surface area contributed by atoms with E-state index in [0.717, 1.165) is 17.0 Å². The molecular formula is C11H14N6O. The number of nitrogens with zero attached hydrogens (tertiary/aromatic N) is 3. The predicted molar refractivity (Wildman–Crippen MR) is 68.9 cm³/mol. The van der Waals surface area contributed by atoms with Gasteiger partial charge in [-0.3, -0.25) is 9.78 Å². The van der Waals surface area contributed by atoms with Gasteiger partial charge in [-0.05, 0) is 26.8 Å². The minimum absolute atomic E-state index is 0.215. The molecule has 0 aliphatic carbocycles. The van der Waals surface area contributed by atoms with Crippen molar-refractivity contribution in [2.24, 2.45) is 5.10 Å². The summed E-state index contributed by atoms with van der Waals surface area (Å²) < 4.78 is 0. The molecular weight excluding hydrogens is 232 g/mol. The quantitative estimate of drug-likeness (QED) is 0.552. The lowest BCUT2D eigenvalue weighted by Crippen LogP contribution is -2.15. The molecule has 7 nitrogen and oxygen atoms in total. The molecule has 0 aliphatic heterocycles. The SMILES string of the molecule is Cc1cc(/C=N/Nc2nnc(C)c(=O)[nH]2)c(C)[nH]1. The van der Waals surface area contributed by atoms with Gasteiger partial charge >= 0.3 is 0 Å². The summed E-state index contributed by atoms with van der Waals surface area (Å²) >= 11 is 0. The number of aryl methyl sites for hydroxylation is 3. The average molecular weight is 246 g/mol. The molecule has 3 N–H and O–H groups in total. The summed E-state index contributed by atoms with van der Waals surface area (Å²) in [4.78, 5) is 17.0. The fourth-order valence-electron chi connectivity index (χ4n) is 1.49. The van der Waals surface area contributed by atoms with Crippen LogP contribution in [0.4, 0.5) is 5.95 Å². The van der Waals surface area contributed by atoms with Gasteiger partial charge in [0.15, 0.2) is 0 Å². The van der Waals surface area contributed by atoms with Crippen molar-refractivity contribution in [2.75, 3.05) is 5.43 Å². The third-order valence-corrected chi connectivity index (χ3v) is 2.42. The van der Waals surface area contributed by atoms with Gasteiger partial charge in [0.25, 0.3) is 5.56 Å². The van der Waals surface area contributed by atoms with Gasteiger partial charge in [0.05, 0.1) is 6.21 Å². The molecule has 7 heteroatoms. The predicted octanol–water partition coefficient (Wildman–Crippen LogP) is 0.864. The molecule has 0 amide bonds. The average Bonchev–Trinajstić information content (AvgIpc) is 2.63. The van der Waals surface area contributed by atoms with Crippen molar-refractivity contribution >= 4 is 12.2 Å². The summed E-state index contributed by atoms with van der Waals surface area (Å²) in [5, 5.41) is 11.4. The number of hydrazone groups is 1. The summed E-state index contributed by atoms with van der Waals surface area (Å²) in [7, 11) is 0. The van der Waals surface area contributed by atoms with E-state index in [1.54, 1.807) is 13.1 Å². The largest absolute Gasteiger partial charge is 0.362 e. The highest BCUT2D eigenvalue weighted by atomic mass is 16.1. The Bertz CT molecular complexity index is 639. The van der Waals surface area contributed by atoms with Crippen LogP contribution < -0.4 is 11.0 Å². The Morgan fingerprint density at radius 2 is 2.06 bits per heavy atom. The Labute approximate surface area is 103 Å². The molecule has 2 aromatic rings. The highest BCUT2D eigenvalue weighted by Gasteiger charge is 1.99. The Kier molecular flexibility index (Phi) is 3.22. The highest BCUT2D eigenvalue weighted by molar-refractivity contribution is 5.81. The van der Waals surface area contributed by atoms with E-state index in [0.29, 0.717) is 5.69 Å². The van der Waals surface area contributed by atoms with E-state index in [9.17, 15) is 4.79 Å². The summed E-state index contributed by atoms with van der Waals surface area (Å²) in [6.07, 6.45) is 1.65. The third kappa shape index (κ3) is 2.62. The molecule has 0 atom stereocenters. The number of anilines is 1. The number of hydrogen-bond acceptors (Lipinski definition) is 5. The monoisotopic (exact) mass is 246 g/mol. The van der Waals surface area contributed by atoms with Gasteiger partial charge in [-0.1, -0.05) is 0 Å². The van der Waals surface area contributed by atoms with Gasteiger partial charge in [-0.25, -0.2) is 5.43 Å². The number of aromatic nitrogens is 4. The molecule has 0 saturated heterocycles. The van der Waals surface area contributed by atoms with Crippen molar-refractivity contribution in [3.8, 4) is 0 Å². The van der Waals surface area contributed by atoms with Crippen LogP contribution >= 0.6 is 0 Å². The summed E-state index contributed by atoms with van der Waals surface area (Å²) in [5.41, 5.74) is 5.73. The van der Waals surface area contributed by atoms with E-state index in [1.807, 2.05) is 19.9 Å². The Morgan fingerprint density at radius 1 is 1.28 bits per heavy atom. The molecule has 0 bridgehead atoms. The molecule has 0 spiro atoms. The fraction of sp³-hybridized carbons (Fsp3) is 0.273. The van der Waals surface area contributed by atoms with E-state index in [1.165, 1.54) is 0 Å². The topological polar surface area (TPSA) is 98.8 Å². The summed E-state index contributed by atoms with van der Waals surface area (Å²) in [5.74, 6) is 0.215. The molecule has 2 heterocycles. The Morgan fingerprint density at radius 3 is 2.67 bits per heavy atom. The van der Waals surface area contributed by atoms with Gasteiger partial charge in [-0.15, -0.1) is 10.2 Å². The van der Waals surface area contributed by atoms with Crippen molar-refractivity contribution in [1.82, 2.24) is 20.2 Å². The van der Waals surface area contributed by atoms with Crippen LogP contribution in [0.1, 0.15) is 22.6 Å². The maximum atomic E-state index is 11.3. The smallest absolute Gasteiger partial charge is 0.274 e. The molecule has 0 aliphatic rings. The first-order valence-electron chi connectivity index (χ1n) is 5.45. The zero-order valence-electron chi connectivity index (χ0n) is 10.4. The van der Waals surface area contributed by atoms with Crippen LogP contribution in [0, 0.1) is 20.8 Å². The molecule has 0 aromatic carbocycles. The Hall–Kier alpha value is -2.44. The van der Waals surface area contributed by atoms with Crippen molar-refractivity contribution < 1.29 is 0 Å². The normalized spacial score (nSPS) is 11.1. The van der Waals surface area contributed by atoms with E-state index < -0.39 is 0 Å². The highest BCUT2D eigenvalue weighted by Crippen LogP contribution is 2.06. The first-order chi connectivity index (χ1) is 8.56. The van der Waals surface area contributed by atoms with Crippen LogP contribution in [-0.4, -0.2) is 26.4 Å². The van der Waals surface area contributed by atoms with E-state index in [2.05, 4.69) is 30.7 Å². The number of hydrogen-bond donors (Lipinski definition) is 3. The van der Waals surface area contributed by atoms with Gasteiger partial charge < -0.3 is 4.98 Å². The number of rotatable bonds is 3. The molecule has 0 fully saturated rings. The van der Waals surface area contributed by atoms with Crippen molar-refractivity contribution in [3.63, 3.8) is 0 Å². The number of H-pyrrole nitrogens is 2. The van der Waals surface area contributed by atoms with E-state index >= 15 is 0 Å². The van der Waals surface area contributed by atoms with Gasteiger partial charge in [0.2, 0.25) is 5.95 Å². The third-order valence-electron chi connectivity index (χ3n) is 2.42. The maximum Gasteiger partial charge on any atom is 0.274 e. The van der Waals surface area contributed by atoms with Gasteiger partial charge in [-0.2, -0.15) is 5.10 Å². The molecule has 2 aromatic heterocycles. The first-order valence-corrected chi connectivity index (χ1v) is 5.45. The number of aromatic amines is 2. The van der Waals surface area contributed by atoms with E-state index in [4.69, 9.17) is 0 Å². The molecule has 2 rings (SSSR count). The summed E-state index contributed by atoms with van der Waals surface area (Å²) in [6, 6.07) is 1.98. The van der Waals surface area contributed by atoms with Gasteiger partial charge in [0.1, 0.15) is 5.69 Å². The lowest BCUT2D eigenvalue weighted by Gasteiger charge is -1.97. The second kappa shape index (κ2) is 4.82. The van der Waals surface area contributed by atoms with Crippen LogP contribution in [0.15, 0.2) is 16.0 Å². The minimum atomic E-state index is -0.281. The Balaban J connectivity index is 2.09. The minimum Gasteiger partial charge on any atom is -0.362 e. The van der Waals surface area contributed by atoms with Crippen LogP contribution in [-0.2, 0) is 0 Å². The van der Waals surface area contributed by atoms with Crippen LogP contribution in [0.25, 0.3) is 0 Å². The summed E-state index contributed by atoms with van der Waals surface area (Å²) in [6.45, 7) is 5.52. The maximum absolute atomic E-state index is 11.3. The lowest BCUT2D eigenvalue weighted by atomic mass is 10.3. The van der Waals surface area contributed by atoms with Crippen molar-refractivity contribution in [2.45, 2.75) is 20.8 Å². The van der Waals surface area contributed by atoms with Crippen LogP contribution in [0.3, 0.4) is 0 Å².